The number of hydrogen-bond acceptors (Lipinski definition) is 4. The Morgan fingerprint density at radius 3 is 2.45 bits per heavy atom. The number of rotatable bonds is 5. The summed E-state index contributed by atoms with van der Waals surface area (Å²) in [7, 11) is 1.49. The molecule has 1 N–H and O–H groups in total. The Kier molecular flexibility index (Phi) is 5.10. The lowest BCUT2D eigenvalue weighted by molar-refractivity contribution is -0.313. The summed E-state index contributed by atoms with van der Waals surface area (Å²) in [5.41, 5.74) is 0.860. The lowest BCUT2D eigenvalue weighted by Gasteiger charge is -2.43. The number of alkyl halides is 7. The number of hydrogen-bond donors (Lipinski definition) is 1. The van der Waals surface area contributed by atoms with Crippen LogP contribution in [0.1, 0.15) is 48.6 Å². The molecule has 0 saturated heterocycles. The maximum absolute atomic E-state index is 13.5. The van der Waals surface area contributed by atoms with E-state index in [1.165, 1.54) is 11.7 Å². The fourth-order valence-corrected chi connectivity index (χ4v) is 4.75. The Morgan fingerprint density at radius 1 is 1.29 bits per heavy atom. The number of aryl methyl sites for hydroxylation is 1. The van der Waals surface area contributed by atoms with Crippen molar-refractivity contribution in [1.29, 1.82) is 0 Å². The van der Waals surface area contributed by atoms with E-state index in [4.69, 9.17) is 0 Å². The minimum absolute atomic E-state index is 0.0450. The summed E-state index contributed by atoms with van der Waals surface area (Å²) in [6.07, 6.45) is -3.10. The van der Waals surface area contributed by atoms with Crippen LogP contribution in [-0.4, -0.2) is 32.5 Å². The Bertz CT molecular complexity index is 1010. The van der Waals surface area contributed by atoms with E-state index in [0.29, 0.717) is 22.6 Å². The first kappa shape index (κ1) is 22.0. The molecule has 170 valence electrons. The van der Waals surface area contributed by atoms with Crippen LogP contribution in [0.4, 0.5) is 36.6 Å². The third-order valence-corrected chi connectivity index (χ3v) is 6.82. The monoisotopic (exact) mass is 470 g/mol. The van der Waals surface area contributed by atoms with Crippen molar-refractivity contribution in [3.05, 3.63) is 16.8 Å². The van der Waals surface area contributed by atoms with Crippen molar-refractivity contribution in [3.8, 4) is 10.6 Å². The second kappa shape index (κ2) is 7.17. The zero-order valence-electron chi connectivity index (χ0n) is 16.1. The van der Waals surface area contributed by atoms with Gasteiger partial charge in [0, 0.05) is 37.6 Å². The van der Waals surface area contributed by atoms with Crippen molar-refractivity contribution in [1.82, 2.24) is 14.8 Å². The first-order chi connectivity index (χ1) is 14.3. The summed E-state index contributed by atoms with van der Waals surface area (Å²) in [6, 6.07) is 0. The quantitative estimate of drug-likeness (QED) is 0.592. The van der Waals surface area contributed by atoms with Crippen LogP contribution in [0.5, 0.6) is 0 Å². The summed E-state index contributed by atoms with van der Waals surface area (Å²) >= 11 is 0.436. The molecule has 0 spiro atoms. The molecule has 0 unspecified atom stereocenters. The van der Waals surface area contributed by atoms with E-state index in [1.807, 2.05) is 0 Å². The highest BCUT2D eigenvalue weighted by Crippen LogP contribution is 2.56. The largest absolute Gasteiger partial charge is 0.443 e. The van der Waals surface area contributed by atoms with Gasteiger partial charge in [0.25, 0.3) is 0 Å². The third-order valence-electron chi connectivity index (χ3n) is 5.77. The molecule has 2 aliphatic rings. The lowest BCUT2D eigenvalue weighted by Crippen LogP contribution is -2.59. The van der Waals surface area contributed by atoms with Gasteiger partial charge in [-0.3, -0.25) is 9.48 Å². The molecule has 2 aromatic rings. The van der Waals surface area contributed by atoms with Gasteiger partial charge < -0.3 is 5.32 Å². The molecule has 2 heterocycles. The van der Waals surface area contributed by atoms with Crippen molar-refractivity contribution in [3.63, 3.8) is 0 Å². The van der Waals surface area contributed by atoms with Crippen LogP contribution in [0.3, 0.4) is 0 Å². The topological polar surface area (TPSA) is 59.8 Å². The van der Waals surface area contributed by atoms with E-state index in [-0.39, 0.29) is 16.6 Å². The van der Waals surface area contributed by atoms with E-state index in [0.717, 1.165) is 25.5 Å². The van der Waals surface area contributed by atoms with Gasteiger partial charge in [0.2, 0.25) is 5.91 Å². The van der Waals surface area contributed by atoms with Gasteiger partial charge in [-0.05, 0) is 18.8 Å². The van der Waals surface area contributed by atoms with E-state index in [9.17, 15) is 35.5 Å². The fourth-order valence-electron chi connectivity index (χ4n) is 3.87. The van der Waals surface area contributed by atoms with Crippen LogP contribution in [0.25, 0.3) is 10.6 Å². The maximum atomic E-state index is 13.5. The van der Waals surface area contributed by atoms with Crippen molar-refractivity contribution >= 4 is 23.1 Å². The summed E-state index contributed by atoms with van der Waals surface area (Å²) in [5, 5.41) is 5.54. The van der Waals surface area contributed by atoms with Crippen LogP contribution in [0, 0.1) is 5.92 Å². The molecule has 0 aromatic carbocycles. The number of carbonyl (C=O) groups is 1. The first-order valence-electron chi connectivity index (χ1n) is 9.47. The smallest absolute Gasteiger partial charge is 0.309 e. The van der Waals surface area contributed by atoms with Crippen LogP contribution in [-0.2, 0) is 18.0 Å². The molecule has 2 aromatic heterocycles. The van der Waals surface area contributed by atoms with Gasteiger partial charge in [-0.25, -0.2) is 4.98 Å². The molecule has 0 radical (unpaired) electrons. The second-order valence-electron chi connectivity index (χ2n) is 7.87. The Morgan fingerprint density at radius 2 is 1.97 bits per heavy atom. The number of carbonyl (C=O) groups excluding carboxylic acids is 1. The second-order valence-corrected chi connectivity index (χ2v) is 8.90. The zero-order valence-corrected chi connectivity index (χ0v) is 16.9. The normalized spacial score (nSPS) is 22.6. The van der Waals surface area contributed by atoms with E-state index in [2.05, 4.69) is 15.4 Å². The van der Waals surface area contributed by atoms with Crippen LogP contribution in [0.2, 0.25) is 0 Å². The molecule has 0 aliphatic heterocycles. The molecule has 4 rings (SSSR count). The van der Waals surface area contributed by atoms with Crippen LogP contribution < -0.4 is 5.32 Å². The molecular weight excluding hydrogens is 453 g/mol. The highest BCUT2D eigenvalue weighted by Gasteiger charge is 2.71. The van der Waals surface area contributed by atoms with Gasteiger partial charge in [0.1, 0.15) is 0 Å². The van der Waals surface area contributed by atoms with Gasteiger partial charge >= 0.3 is 18.0 Å². The molecular formula is C18H17F7N4OS. The summed E-state index contributed by atoms with van der Waals surface area (Å²) in [4.78, 5) is 15.9. The van der Waals surface area contributed by atoms with Crippen molar-refractivity contribution in [2.75, 3.05) is 5.32 Å². The lowest BCUT2D eigenvalue weighted by atomic mass is 9.74. The zero-order chi connectivity index (χ0) is 22.8. The van der Waals surface area contributed by atoms with E-state index in [1.54, 1.807) is 0 Å². The number of aromatic nitrogens is 3. The van der Waals surface area contributed by atoms with Gasteiger partial charge in [0.15, 0.2) is 10.8 Å². The number of halogens is 7. The maximum Gasteiger partial charge on any atom is 0.443 e. The van der Waals surface area contributed by atoms with Crippen molar-refractivity contribution in [2.45, 2.75) is 56.0 Å². The molecule has 2 saturated carbocycles. The summed E-state index contributed by atoms with van der Waals surface area (Å²) in [6.45, 7) is 0. The molecule has 0 bridgehead atoms. The molecule has 31 heavy (non-hydrogen) atoms. The average Bonchev–Trinajstić information content (AvgIpc) is 3.18. The number of anilines is 1. The predicted octanol–water partition coefficient (Wildman–Crippen LogP) is 5.45. The van der Waals surface area contributed by atoms with Gasteiger partial charge in [-0.15, -0.1) is 11.3 Å². The van der Waals surface area contributed by atoms with Crippen molar-refractivity contribution in [2.24, 2.45) is 13.0 Å². The summed E-state index contributed by atoms with van der Waals surface area (Å²) in [5.74, 6) is -11.1. The average molecular weight is 470 g/mol. The molecule has 1 amide bonds. The fraction of sp³-hybridized carbons (Fsp3) is 0.611. The summed E-state index contributed by atoms with van der Waals surface area (Å²) < 4.78 is 93.2. The number of amides is 1. The van der Waals surface area contributed by atoms with Crippen LogP contribution >= 0.6 is 11.3 Å². The molecule has 2 fully saturated rings. The minimum atomic E-state index is -4.61. The molecule has 5 nitrogen and oxygen atoms in total. The predicted molar refractivity (Wildman–Crippen MR) is 97.2 cm³/mol. The highest BCUT2D eigenvalue weighted by atomic mass is 32.1. The number of nitrogens with zero attached hydrogens (tertiary/aromatic N) is 3. The first-order valence-corrected chi connectivity index (χ1v) is 10.3. The number of thiazole rings is 1. The highest BCUT2D eigenvalue weighted by molar-refractivity contribution is 7.15. The Balaban J connectivity index is 1.60. The third kappa shape index (κ3) is 3.70. The Hall–Kier alpha value is -2.18. The minimum Gasteiger partial charge on any atom is -0.309 e. The van der Waals surface area contributed by atoms with Crippen LogP contribution in [0.15, 0.2) is 6.20 Å². The Labute approximate surface area is 175 Å². The number of nitrogens with one attached hydrogen (secondary N) is 1. The van der Waals surface area contributed by atoms with E-state index < -0.39 is 47.7 Å². The standard InChI is InChI=1S/C18H17F7N4OS/c1-29-13(10-7-26-15(31-10)18(23,24)25)12(8-3-2-4-8)14(28-29)27-11(30)5-9-6-16(19,20)17(9,21)22/h7-9H,2-6H2,1H3,(H,27,28,30)/t9-/m1/s1. The molecule has 13 heteroatoms. The molecule has 2 aliphatic carbocycles. The molecule has 1 atom stereocenters. The van der Waals surface area contributed by atoms with E-state index >= 15 is 0 Å². The van der Waals surface area contributed by atoms with Gasteiger partial charge in [-0.2, -0.15) is 35.8 Å². The van der Waals surface area contributed by atoms with Crippen molar-refractivity contribution < 1.29 is 35.5 Å². The van der Waals surface area contributed by atoms with Gasteiger partial charge in [0.05, 0.1) is 10.6 Å². The van der Waals surface area contributed by atoms with Gasteiger partial charge in [-0.1, -0.05) is 6.42 Å². The SMILES string of the molecule is Cn1nc(NC(=O)C[C@@H]2CC(F)(F)C2(F)F)c(C2CCC2)c1-c1cnc(C(F)(F)F)s1.